The highest BCUT2D eigenvalue weighted by Crippen LogP contribution is 2.19. The van der Waals surface area contributed by atoms with Crippen LogP contribution in [0.25, 0.3) is 5.69 Å². The number of hydrogen-bond acceptors (Lipinski definition) is 7. The van der Waals surface area contributed by atoms with E-state index in [0.29, 0.717) is 37.0 Å². The highest BCUT2D eigenvalue weighted by atomic mass is 32.2. The Hall–Kier alpha value is -3.31. The Morgan fingerprint density at radius 1 is 1.03 bits per heavy atom. The number of amides is 2. The summed E-state index contributed by atoms with van der Waals surface area (Å²) in [5.41, 5.74) is 1.26. The lowest BCUT2D eigenvalue weighted by atomic mass is 10.3. The summed E-state index contributed by atoms with van der Waals surface area (Å²) in [6.07, 6.45) is 0. The molecule has 0 aliphatic carbocycles. The van der Waals surface area contributed by atoms with Gasteiger partial charge in [0.25, 0.3) is 0 Å². The molecule has 0 spiro atoms. The average molecular weight is 456 g/mol. The number of para-hydroxylation sites is 1. The van der Waals surface area contributed by atoms with Gasteiger partial charge < -0.3 is 10.2 Å². The Morgan fingerprint density at radius 3 is 2.56 bits per heavy atom. The molecule has 4 rings (SSSR count). The number of benzene rings is 2. The average Bonchev–Trinajstić information content (AvgIpc) is 3.27. The van der Waals surface area contributed by atoms with Crippen LogP contribution in [-0.4, -0.2) is 80.3 Å². The molecule has 1 fully saturated rings. The van der Waals surface area contributed by atoms with Crippen LogP contribution in [0.2, 0.25) is 0 Å². The van der Waals surface area contributed by atoms with E-state index in [0.717, 1.165) is 5.69 Å². The molecule has 1 aliphatic heterocycles. The fraction of sp³-hybridized carbons (Fsp3) is 0.286. The number of carbonyl (C=O) groups excluding carboxylic acids is 2. The van der Waals surface area contributed by atoms with Crippen molar-refractivity contribution in [2.24, 2.45) is 0 Å². The largest absolute Gasteiger partial charge is 0.339 e. The summed E-state index contributed by atoms with van der Waals surface area (Å²) in [6, 6.07) is 15.3. The van der Waals surface area contributed by atoms with Gasteiger partial charge in [-0.3, -0.25) is 14.5 Å². The molecule has 1 N–H and O–H groups in total. The van der Waals surface area contributed by atoms with E-state index in [1.165, 1.54) is 23.9 Å². The van der Waals surface area contributed by atoms with E-state index in [-0.39, 0.29) is 24.1 Å². The Labute approximate surface area is 188 Å². The molecule has 0 radical (unpaired) electrons. The molecule has 1 aliphatic rings. The third-order valence-corrected chi connectivity index (χ3v) is 5.87. The van der Waals surface area contributed by atoms with Crippen LogP contribution in [0.15, 0.2) is 59.8 Å². The Kier molecular flexibility index (Phi) is 7.07. The molecule has 1 saturated heterocycles. The summed E-state index contributed by atoms with van der Waals surface area (Å²) in [5, 5.41) is 15.0. The second-order valence-electron chi connectivity index (χ2n) is 7.21. The standard InChI is InChI=1S/C21H22FN7O2S/c22-16-5-4-6-17(13-16)23-19(30)14-27-9-11-28(12-10-27)20(31)15-32-21-24-25-26-29(21)18-7-2-1-3-8-18/h1-8,13H,9-12,14-15H2,(H,23,30). The summed E-state index contributed by atoms with van der Waals surface area (Å²) < 4.78 is 14.8. The van der Waals surface area contributed by atoms with Gasteiger partial charge in [-0.15, -0.1) is 5.10 Å². The number of piperazine rings is 1. The molecular formula is C21H22FN7O2S. The zero-order valence-electron chi connectivity index (χ0n) is 17.2. The second-order valence-corrected chi connectivity index (χ2v) is 8.16. The van der Waals surface area contributed by atoms with Gasteiger partial charge in [0.2, 0.25) is 17.0 Å². The highest BCUT2D eigenvalue weighted by molar-refractivity contribution is 7.99. The van der Waals surface area contributed by atoms with Crippen LogP contribution in [0.1, 0.15) is 0 Å². The van der Waals surface area contributed by atoms with Gasteiger partial charge in [-0.1, -0.05) is 36.0 Å². The maximum atomic E-state index is 13.2. The molecule has 11 heteroatoms. The number of thioether (sulfide) groups is 1. The second kappa shape index (κ2) is 10.3. The van der Waals surface area contributed by atoms with Gasteiger partial charge in [0, 0.05) is 31.9 Å². The zero-order chi connectivity index (χ0) is 22.3. The van der Waals surface area contributed by atoms with Gasteiger partial charge in [0.15, 0.2) is 0 Å². The maximum absolute atomic E-state index is 13.2. The SMILES string of the molecule is O=C(CN1CCN(C(=O)CSc2nnnn2-c2ccccc2)CC1)Nc1cccc(F)c1. The zero-order valence-corrected chi connectivity index (χ0v) is 18.0. The normalized spacial score (nSPS) is 14.3. The lowest BCUT2D eigenvalue weighted by Crippen LogP contribution is -2.50. The van der Waals surface area contributed by atoms with Crippen LogP contribution in [0.3, 0.4) is 0 Å². The van der Waals surface area contributed by atoms with Crippen LogP contribution in [0, 0.1) is 5.82 Å². The fourth-order valence-electron chi connectivity index (χ4n) is 3.34. The van der Waals surface area contributed by atoms with E-state index in [1.807, 2.05) is 35.2 Å². The van der Waals surface area contributed by atoms with Crippen LogP contribution >= 0.6 is 11.8 Å². The van der Waals surface area contributed by atoms with Gasteiger partial charge in [-0.25, -0.2) is 4.39 Å². The van der Waals surface area contributed by atoms with Crippen molar-refractivity contribution in [3.05, 3.63) is 60.4 Å². The molecule has 0 bridgehead atoms. The molecule has 2 aromatic carbocycles. The van der Waals surface area contributed by atoms with E-state index in [1.54, 1.807) is 21.7 Å². The molecule has 2 heterocycles. The minimum Gasteiger partial charge on any atom is -0.339 e. The number of nitrogens with zero attached hydrogens (tertiary/aromatic N) is 6. The molecule has 0 atom stereocenters. The molecule has 1 aromatic heterocycles. The molecule has 2 amide bonds. The van der Waals surface area contributed by atoms with E-state index >= 15 is 0 Å². The third-order valence-electron chi connectivity index (χ3n) is 4.97. The number of carbonyl (C=O) groups is 2. The van der Waals surface area contributed by atoms with E-state index in [4.69, 9.17) is 0 Å². The van der Waals surface area contributed by atoms with Gasteiger partial charge in [-0.2, -0.15) is 4.68 Å². The van der Waals surface area contributed by atoms with Gasteiger partial charge >= 0.3 is 0 Å². The predicted molar refractivity (Wildman–Crippen MR) is 118 cm³/mol. The van der Waals surface area contributed by atoms with Crippen molar-refractivity contribution in [2.45, 2.75) is 5.16 Å². The molecule has 166 valence electrons. The number of anilines is 1. The van der Waals surface area contributed by atoms with Crippen molar-refractivity contribution < 1.29 is 14.0 Å². The van der Waals surface area contributed by atoms with Crippen LogP contribution < -0.4 is 5.32 Å². The number of aromatic nitrogens is 4. The highest BCUT2D eigenvalue weighted by Gasteiger charge is 2.23. The Morgan fingerprint density at radius 2 is 1.81 bits per heavy atom. The summed E-state index contributed by atoms with van der Waals surface area (Å²) in [6.45, 7) is 2.45. The van der Waals surface area contributed by atoms with Crippen LogP contribution in [0.5, 0.6) is 0 Å². The first kappa shape index (κ1) is 21.9. The smallest absolute Gasteiger partial charge is 0.238 e. The number of nitrogens with one attached hydrogen (secondary N) is 1. The number of halogens is 1. The lowest BCUT2D eigenvalue weighted by molar-refractivity contribution is -0.130. The molecule has 32 heavy (non-hydrogen) atoms. The van der Waals surface area contributed by atoms with E-state index in [2.05, 4.69) is 20.8 Å². The predicted octanol–water partition coefficient (Wildman–Crippen LogP) is 1.68. The lowest BCUT2D eigenvalue weighted by Gasteiger charge is -2.34. The van der Waals surface area contributed by atoms with E-state index < -0.39 is 5.82 Å². The van der Waals surface area contributed by atoms with Crippen LogP contribution in [-0.2, 0) is 9.59 Å². The van der Waals surface area contributed by atoms with Crippen molar-refractivity contribution in [3.63, 3.8) is 0 Å². The first-order chi connectivity index (χ1) is 15.6. The minimum atomic E-state index is -0.398. The monoisotopic (exact) mass is 455 g/mol. The van der Waals surface area contributed by atoms with Crippen molar-refractivity contribution in [3.8, 4) is 5.69 Å². The van der Waals surface area contributed by atoms with Gasteiger partial charge in [-0.05, 0) is 40.8 Å². The quantitative estimate of drug-likeness (QED) is 0.542. The first-order valence-electron chi connectivity index (χ1n) is 10.1. The molecule has 0 saturated carbocycles. The Balaban J connectivity index is 1.22. The van der Waals surface area contributed by atoms with Crippen LogP contribution in [0.4, 0.5) is 10.1 Å². The summed E-state index contributed by atoms with van der Waals surface area (Å²) in [4.78, 5) is 28.6. The molecule has 9 nitrogen and oxygen atoms in total. The number of tetrazole rings is 1. The third kappa shape index (κ3) is 5.68. The van der Waals surface area contributed by atoms with Crippen molar-refractivity contribution >= 4 is 29.3 Å². The summed E-state index contributed by atoms with van der Waals surface area (Å²) in [5.74, 6) is -0.376. The summed E-state index contributed by atoms with van der Waals surface area (Å²) in [7, 11) is 0. The topological polar surface area (TPSA) is 96.2 Å². The number of rotatable bonds is 7. The van der Waals surface area contributed by atoms with Gasteiger partial charge in [0.1, 0.15) is 5.82 Å². The first-order valence-corrected chi connectivity index (χ1v) is 11.1. The minimum absolute atomic E-state index is 0.00136. The fourth-order valence-corrected chi connectivity index (χ4v) is 4.14. The molecule has 0 unspecified atom stereocenters. The van der Waals surface area contributed by atoms with Gasteiger partial charge in [0.05, 0.1) is 18.0 Å². The van der Waals surface area contributed by atoms with Crippen molar-refractivity contribution in [1.29, 1.82) is 0 Å². The maximum Gasteiger partial charge on any atom is 0.238 e. The molecular weight excluding hydrogens is 433 g/mol. The number of hydrogen-bond donors (Lipinski definition) is 1. The van der Waals surface area contributed by atoms with E-state index in [9.17, 15) is 14.0 Å². The van der Waals surface area contributed by atoms with Crippen molar-refractivity contribution in [1.82, 2.24) is 30.0 Å². The summed E-state index contributed by atoms with van der Waals surface area (Å²) >= 11 is 1.29. The Bertz CT molecular complexity index is 1070. The molecule has 3 aromatic rings. The van der Waals surface area contributed by atoms with Crippen molar-refractivity contribution in [2.75, 3.05) is 43.8 Å².